The van der Waals surface area contributed by atoms with Crippen LogP contribution in [-0.2, 0) is 6.54 Å². The molecular formula is C16H17Cl2NO. The lowest BCUT2D eigenvalue weighted by molar-refractivity contribution is 0.313. The minimum absolute atomic E-state index is 0.585. The van der Waals surface area contributed by atoms with E-state index in [2.05, 4.69) is 5.32 Å². The van der Waals surface area contributed by atoms with Gasteiger partial charge in [-0.1, -0.05) is 47.5 Å². The van der Waals surface area contributed by atoms with Crippen molar-refractivity contribution in [3.05, 3.63) is 63.6 Å². The third kappa shape index (κ3) is 4.41. The standard InChI is InChI=1S/C16H17Cl2NO/c1-12-4-2-6-14(10-12)20-9-8-19-11-13-5-3-7-15(17)16(13)18/h2-7,10,19H,8-9,11H2,1H3. The zero-order valence-electron chi connectivity index (χ0n) is 11.3. The van der Waals surface area contributed by atoms with Crippen LogP contribution in [0.1, 0.15) is 11.1 Å². The van der Waals surface area contributed by atoms with Crippen molar-refractivity contribution < 1.29 is 4.74 Å². The summed E-state index contributed by atoms with van der Waals surface area (Å²) in [6, 6.07) is 13.7. The van der Waals surface area contributed by atoms with Gasteiger partial charge in [0.15, 0.2) is 0 Å². The van der Waals surface area contributed by atoms with E-state index in [4.69, 9.17) is 27.9 Å². The molecule has 0 heterocycles. The molecule has 2 aromatic carbocycles. The molecule has 0 amide bonds. The third-order valence-corrected chi connectivity index (χ3v) is 3.74. The summed E-state index contributed by atoms with van der Waals surface area (Å²) in [4.78, 5) is 0. The van der Waals surface area contributed by atoms with Crippen molar-refractivity contribution in [3.8, 4) is 5.75 Å². The molecule has 0 aliphatic heterocycles. The fraction of sp³-hybridized carbons (Fsp3) is 0.250. The van der Waals surface area contributed by atoms with E-state index < -0.39 is 0 Å². The molecule has 2 aromatic rings. The van der Waals surface area contributed by atoms with Gasteiger partial charge in [0.1, 0.15) is 12.4 Å². The van der Waals surface area contributed by atoms with Crippen LogP contribution in [0.4, 0.5) is 0 Å². The molecule has 0 bridgehead atoms. The smallest absolute Gasteiger partial charge is 0.119 e. The summed E-state index contributed by atoms with van der Waals surface area (Å²) in [7, 11) is 0. The largest absolute Gasteiger partial charge is 0.492 e. The van der Waals surface area contributed by atoms with Gasteiger partial charge in [0.2, 0.25) is 0 Å². The van der Waals surface area contributed by atoms with Crippen LogP contribution in [0.3, 0.4) is 0 Å². The predicted molar refractivity (Wildman–Crippen MR) is 84.8 cm³/mol. The van der Waals surface area contributed by atoms with Crippen molar-refractivity contribution >= 4 is 23.2 Å². The maximum Gasteiger partial charge on any atom is 0.119 e. The summed E-state index contributed by atoms with van der Waals surface area (Å²) in [6.07, 6.45) is 0. The lowest BCUT2D eigenvalue weighted by atomic mass is 10.2. The highest BCUT2D eigenvalue weighted by molar-refractivity contribution is 6.42. The van der Waals surface area contributed by atoms with E-state index in [-0.39, 0.29) is 0 Å². The molecule has 2 rings (SSSR count). The van der Waals surface area contributed by atoms with E-state index in [0.29, 0.717) is 23.2 Å². The Kier molecular flexibility index (Phi) is 5.72. The lowest BCUT2D eigenvalue weighted by Gasteiger charge is -2.09. The molecular weight excluding hydrogens is 293 g/mol. The quantitative estimate of drug-likeness (QED) is 0.795. The lowest BCUT2D eigenvalue weighted by Crippen LogP contribution is -2.20. The highest BCUT2D eigenvalue weighted by Crippen LogP contribution is 2.25. The van der Waals surface area contributed by atoms with E-state index >= 15 is 0 Å². The van der Waals surface area contributed by atoms with E-state index in [1.165, 1.54) is 5.56 Å². The highest BCUT2D eigenvalue weighted by atomic mass is 35.5. The molecule has 1 N–H and O–H groups in total. The van der Waals surface area contributed by atoms with Gasteiger partial charge in [-0.05, 0) is 36.2 Å². The average Bonchev–Trinajstić information content (AvgIpc) is 2.43. The second kappa shape index (κ2) is 7.53. The summed E-state index contributed by atoms with van der Waals surface area (Å²) in [5.74, 6) is 0.896. The van der Waals surface area contributed by atoms with Crippen molar-refractivity contribution in [1.82, 2.24) is 5.32 Å². The van der Waals surface area contributed by atoms with Crippen LogP contribution in [0.25, 0.3) is 0 Å². The maximum absolute atomic E-state index is 6.12. The number of ether oxygens (including phenoxy) is 1. The Morgan fingerprint density at radius 1 is 1.10 bits per heavy atom. The molecule has 0 fully saturated rings. The number of aryl methyl sites for hydroxylation is 1. The van der Waals surface area contributed by atoms with Gasteiger partial charge in [0.25, 0.3) is 0 Å². The molecule has 0 atom stereocenters. The van der Waals surface area contributed by atoms with Gasteiger partial charge >= 0.3 is 0 Å². The molecule has 106 valence electrons. The minimum atomic E-state index is 0.585. The number of halogens is 2. The number of benzene rings is 2. The van der Waals surface area contributed by atoms with Gasteiger partial charge in [-0.15, -0.1) is 0 Å². The molecule has 4 heteroatoms. The molecule has 0 spiro atoms. The fourth-order valence-electron chi connectivity index (χ4n) is 1.85. The van der Waals surface area contributed by atoms with Crippen LogP contribution in [0, 0.1) is 6.92 Å². The van der Waals surface area contributed by atoms with Gasteiger partial charge in [-0.25, -0.2) is 0 Å². The molecule has 0 saturated carbocycles. The molecule has 0 radical (unpaired) electrons. The second-order valence-electron chi connectivity index (χ2n) is 4.55. The van der Waals surface area contributed by atoms with Gasteiger partial charge < -0.3 is 10.1 Å². The van der Waals surface area contributed by atoms with Gasteiger partial charge in [-0.3, -0.25) is 0 Å². The van der Waals surface area contributed by atoms with E-state index in [9.17, 15) is 0 Å². The Morgan fingerprint density at radius 2 is 1.90 bits per heavy atom. The van der Waals surface area contributed by atoms with E-state index in [0.717, 1.165) is 17.9 Å². The normalized spacial score (nSPS) is 10.6. The van der Waals surface area contributed by atoms with Crippen LogP contribution in [0.5, 0.6) is 5.75 Å². The summed E-state index contributed by atoms with van der Waals surface area (Å²) >= 11 is 12.1. The van der Waals surface area contributed by atoms with Crippen LogP contribution in [0.15, 0.2) is 42.5 Å². The summed E-state index contributed by atoms with van der Waals surface area (Å²) in [5.41, 5.74) is 2.19. The van der Waals surface area contributed by atoms with Gasteiger partial charge in [0, 0.05) is 13.1 Å². The first-order valence-corrected chi connectivity index (χ1v) is 7.25. The van der Waals surface area contributed by atoms with Gasteiger partial charge in [-0.2, -0.15) is 0 Å². The molecule has 0 aliphatic carbocycles. The molecule has 20 heavy (non-hydrogen) atoms. The Balaban J connectivity index is 1.73. The monoisotopic (exact) mass is 309 g/mol. The van der Waals surface area contributed by atoms with Crippen molar-refractivity contribution in [2.75, 3.05) is 13.2 Å². The van der Waals surface area contributed by atoms with E-state index in [1.807, 2.05) is 43.3 Å². The Morgan fingerprint density at radius 3 is 2.70 bits per heavy atom. The zero-order valence-corrected chi connectivity index (χ0v) is 12.8. The molecule has 0 aromatic heterocycles. The van der Waals surface area contributed by atoms with Crippen molar-refractivity contribution in [1.29, 1.82) is 0 Å². The first-order valence-electron chi connectivity index (χ1n) is 6.50. The zero-order chi connectivity index (χ0) is 14.4. The SMILES string of the molecule is Cc1cccc(OCCNCc2cccc(Cl)c2Cl)c1. The van der Waals surface area contributed by atoms with Crippen molar-refractivity contribution in [2.45, 2.75) is 13.5 Å². The first kappa shape index (κ1) is 15.2. The Hall–Kier alpha value is -1.22. The van der Waals surface area contributed by atoms with Crippen LogP contribution < -0.4 is 10.1 Å². The number of hydrogen-bond acceptors (Lipinski definition) is 2. The second-order valence-corrected chi connectivity index (χ2v) is 5.34. The van der Waals surface area contributed by atoms with Gasteiger partial charge in [0.05, 0.1) is 10.0 Å². The van der Waals surface area contributed by atoms with Crippen LogP contribution in [-0.4, -0.2) is 13.2 Å². The number of nitrogens with one attached hydrogen (secondary N) is 1. The molecule has 0 saturated heterocycles. The Labute approximate surface area is 129 Å². The predicted octanol–water partition coefficient (Wildman–Crippen LogP) is 4.47. The topological polar surface area (TPSA) is 21.3 Å². The van der Waals surface area contributed by atoms with E-state index in [1.54, 1.807) is 6.07 Å². The average molecular weight is 310 g/mol. The Bertz CT molecular complexity index is 572. The molecule has 2 nitrogen and oxygen atoms in total. The summed E-state index contributed by atoms with van der Waals surface area (Å²) in [6.45, 7) is 4.08. The van der Waals surface area contributed by atoms with Crippen molar-refractivity contribution in [2.24, 2.45) is 0 Å². The fourth-order valence-corrected chi connectivity index (χ4v) is 2.24. The number of hydrogen-bond donors (Lipinski definition) is 1. The summed E-state index contributed by atoms with van der Waals surface area (Å²) in [5, 5.41) is 4.48. The number of rotatable bonds is 6. The minimum Gasteiger partial charge on any atom is -0.492 e. The van der Waals surface area contributed by atoms with Crippen LogP contribution >= 0.6 is 23.2 Å². The first-order chi connectivity index (χ1) is 9.66. The third-order valence-electron chi connectivity index (χ3n) is 2.88. The maximum atomic E-state index is 6.12. The highest BCUT2D eigenvalue weighted by Gasteiger charge is 2.03. The van der Waals surface area contributed by atoms with Crippen LogP contribution in [0.2, 0.25) is 10.0 Å². The molecule has 0 unspecified atom stereocenters. The van der Waals surface area contributed by atoms with Crippen molar-refractivity contribution in [3.63, 3.8) is 0 Å². The molecule has 0 aliphatic rings. The summed E-state index contributed by atoms with van der Waals surface area (Å²) < 4.78 is 5.66.